The Morgan fingerprint density at radius 3 is 2.46 bits per heavy atom. The van der Waals surface area contributed by atoms with Gasteiger partial charge in [0.2, 0.25) is 17.7 Å². The minimum atomic E-state index is -0.294. The van der Waals surface area contributed by atoms with Gasteiger partial charge in [0.15, 0.2) is 0 Å². The first-order valence-electron chi connectivity index (χ1n) is 8.42. The van der Waals surface area contributed by atoms with E-state index in [2.05, 4.69) is 5.32 Å². The number of rotatable bonds is 5. The molecule has 1 saturated heterocycles. The van der Waals surface area contributed by atoms with E-state index in [0.29, 0.717) is 18.0 Å². The largest absolute Gasteiger partial charge is 0.354 e. The Balaban J connectivity index is 1.49. The topological polar surface area (TPSA) is 66.5 Å². The first kappa shape index (κ1) is 17.0. The van der Waals surface area contributed by atoms with Crippen molar-refractivity contribution in [1.82, 2.24) is 10.2 Å². The minimum absolute atomic E-state index is 0.166. The molecule has 1 aliphatic heterocycles. The Bertz CT molecular complexity index is 637. The quantitative estimate of drug-likeness (QED) is 0.829. The van der Waals surface area contributed by atoms with Crippen molar-refractivity contribution >= 4 is 29.3 Å². The number of halogens is 1. The highest BCUT2D eigenvalue weighted by Crippen LogP contribution is 2.37. The molecular formula is C18H21ClN2O3. The molecule has 1 heterocycles. The number of carbonyl (C=O) groups is 3. The molecule has 1 N–H and O–H groups in total. The lowest BCUT2D eigenvalue weighted by Crippen LogP contribution is -2.41. The van der Waals surface area contributed by atoms with Crippen molar-refractivity contribution < 1.29 is 14.4 Å². The summed E-state index contributed by atoms with van der Waals surface area (Å²) in [4.78, 5) is 37.9. The summed E-state index contributed by atoms with van der Waals surface area (Å²) >= 11 is 5.92. The smallest absolute Gasteiger partial charge is 0.240 e. The van der Waals surface area contributed by atoms with Crippen molar-refractivity contribution in [2.24, 2.45) is 11.8 Å². The highest BCUT2D eigenvalue weighted by Gasteiger charge is 2.48. The zero-order chi connectivity index (χ0) is 17.1. The van der Waals surface area contributed by atoms with Crippen LogP contribution in [-0.2, 0) is 20.8 Å². The SMILES string of the molecule is O=C(CN1C(=O)C2CCCCC2C1=O)NCCc1cccc(Cl)c1. The van der Waals surface area contributed by atoms with E-state index in [1.807, 2.05) is 18.2 Å². The fourth-order valence-corrected chi connectivity index (χ4v) is 3.84. The van der Waals surface area contributed by atoms with E-state index in [1.54, 1.807) is 6.07 Å². The van der Waals surface area contributed by atoms with Crippen molar-refractivity contribution in [1.29, 1.82) is 0 Å². The van der Waals surface area contributed by atoms with Gasteiger partial charge in [0, 0.05) is 11.6 Å². The second kappa shape index (κ2) is 7.34. The molecule has 1 aliphatic carbocycles. The first-order chi connectivity index (χ1) is 11.6. The molecule has 2 aliphatic rings. The van der Waals surface area contributed by atoms with Crippen LogP contribution in [0.15, 0.2) is 24.3 Å². The molecule has 0 radical (unpaired) electrons. The normalized spacial score (nSPS) is 23.3. The lowest BCUT2D eigenvalue weighted by molar-refractivity contribution is -0.143. The van der Waals surface area contributed by atoms with Gasteiger partial charge in [-0.25, -0.2) is 0 Å². The van der Waals surface area contributed by atoms with Crippen LogP contribution in [0.3, 0.4) is 0 Å². The van der Waals surface area contributed by atoms with Crippen LogP contribution in [0.1, 0.15) is 31.2 Å². The van der Waals surface area contributed by atoms with Crippen molar-refractivity contribution in [3.05, 3.63) is 34.9 Å². The summed E-state index contributed by atoms with van der Waals surface area (Å²) in [7, 11) is 0. The molecule has 1 aromatic carbocycles. The van der Waals surface area contributed by atoms with Gasteiger partial charge in [-0.15, -0.1) is 0 Å². The number of hydrogen-bond donors (Lipinski definition) is 1. The molecule has 1 aromatic rings. The molecule has 3 amide bonds. The molecule has 6 heteroatoms. The van der Waals surface area contributed by atoms with Crippen LogP contribution in [-0.4, -0.2) is 35.7 Å². The fraction of sp³-hybridized carbons (Fsp3) is 0.500. The molecule has 128 valence electrons. The van der Waals surface area contributed by atoms with Gasteiger partial charge in [0.05, 0.1) is 11.8 Å². The maximum absolute atomic E-state index is 12.3. The molecule has 0 bridgehead atoms. The number of fused-ring (bicyclic) bond motifs is 1. The summed E-state index contributed by atoms with van der Waals surface area (Å²) < 4.78 is 0. The van der Waals surface area contributed by atoms with Crippen LogP contribution < -0.4 is 5.32 Å². The average Bonchev–Trinajstić information content (AvgIpc) is 2.80. The lowest BCUT2D eigenvalue weighted by Gasteiger charge is -2.19. The van der Waals surface area contributed by atoms with Crippen LogP contribution in [0.4, 0.5) is 0 Å². The van der Waals surface area contributed by atoms with E-state index in [9.17, 15) is 14.4 Å². The summed E-state index contributed by atoms with van der Waals surface area (Å²) in [5.74, 6) is -1.04. The van der Waals surface area contributed by atoms with E-state index >= 15 is 0 Å². The van der Waals surface area contributed by atoms with Crippen LogP contribution in [0.25, 0.3) is 0 Å². The third-order valence-electron chi connectivity index (χ3n) is 4.86. The maximum Gasteiger partial charge on any atom is 0.240 e. The summed E-state index contributed by atoms with van der Waals surface area (Å²) in [5.41, 5.74) is 1.03. The van der Waals surface area contributed by atoms with Gasteiger partial charge in [-0.05, 0) is 37.0 Å². The zero-order valence-electron chi connectivity index (χ0n) is 13.5. The minimum Gasteiger partial charge on any atom is -0.354 e. The molecule has 24 heavy (non-hydrogen) atoms. The molecule has 0 spiro atoms. The number of amides is 3. The fourth-order valence-electron chi connectivity index (χ4n) is 3.63. The number of carbonyl (C=O) groups excluding carboxylic acids is 3. The Labute approximate surface area is 146 Å². The summed E-state index contributed by atoms with van der Waals surface area (Å²) in [6, 6.07) is 7.46. The average molecular weight is 349 g/mol. The highest BCUT2D eigenvalue weighted by atomic mass is 35.5. The molecule has 2 atom stereocenters. The summed E-state index contributed by atoms with van der Waals surface area (Å²) in [6.45, 7) is 0.280. The summed E-state index contributed by atoms with van der Waals surface area (Å²) in [5, 5.41) is 3.43. The summed E-state index contributed by atoms with van der Waals surface area (Å²) in [6.07, 6.45) is 4.16. The van der Waals surface area contributed by atoms with E-state index < -0.39 is 0 Å². The van der Waals surface area contributed by atoms with Gasteiger partial charge in [0.1, 0.15) is 6.54 Å². The van der Waals surface area contributed by atoms with Crippen molar-refractivity contribution in [3.63, 3.8) is 0 Å². The Hall–Kier alpha value is -1.88. The number of nitrogens with one attached hydrogen (secondary N) is 1. The molecule has 2 fully saturated rings. The zero-order valence-corrected chi connectivity index (χ0v) is 14.2. The van der Waals surface area contributed by atoms with Gasteiger partial charge in [0.25, 0.3) is 0 Å². The third-order valence-corrected chi connectivity index (χ3v) is 5.09. The second-order valence-corrected chi connectivity index (χ2v) is 6.93. The van der Waals surface area contributed by atoms with Crippen LogP contribution in [0, 0.1) is 11.8 Å². The van der Waals surface area contributed by atoms with Gasteiger partial charge >= 0.3 is 0 Å². The van der Waals surface area contributed by atoms with Gasteiger partial charge in [-0.3, -0.25) is 19.3 Å². The number of nitrogens with zero attached hydrogens (tertiary/aromatic N) is 1. The lowest BCUT2D eigenvalue weighted by atomic mass is 9.81. The Morgan fingerprint density at radius 1 is 1.17 bits per heavy atom. The second-order valence-electron chi connectivity index (χ2n) is 6.49. The van der Waals surface area contributed by atoms with E-state index in [0.717, 1.165) is 36.1 Å². The first-order valence-corrected chi connectivity index (χ1v) is 8.80. The standard InChI is InChI=1S/C18H21ClN2O3/c19-13-5-3-4-12(10-13)8-9-20-16(22)11-21-17(23)14-6-1-2-7-15(14)18(21)24/h3-5,10,14-15H,1-2,6-9,11H2,(H,20,22). The molecule has 3 rings (SSSR count). The van der Waals surface area contributed by atoms with E-state index in [1.165, 1.54) is 0 Å². The predicted octanol–water partition coefficient (Wildman–Crippen LogP) is 2.17. The van der Waals surface area contributed by atoms with Gasteiger partial charge < -0.3 is 5.32 Å². The number of imide groups is 1. The molecule has 2 unspecified atom stereocenters. The Morgan fingerprint density at radius 2 is 1.83 bits per heavy atom. The van der Waals surface area contributed by atoms with E-state index in [-0.39, 0.29) is 36.1 Å². The monoisotopic (exact) mass is 348 g/mol. The maximum atomic E-state index is 12.3. The number of benzene rings is 1. The van der Waals surface area contributed by atoms with Crippen molar-refractivity contribution in [2.75, 3.05) is 13.1 Å². The predicted molar refractivity (Wildman–Crippen MR) is 90.3 cm³/mol. The van der Waals surface area contributed by atoms with E-state index in [4.69, 9.17) is 11.6 Å². The van der Waals surface area contributed by atoms with Crippen LogP contribution in [0.5, 0.6) is 0 Å². The van der Waals surface area contributed by atoms with Gasteiger partial charge in [-0.1, -0.05) is 36.6 Å². The number of hydrogen-bond acceptors (Lipinski definition) is 3. The third kappa shape index (κ3) is 3.61. The molecule has 1 saturated carbocycles. The van der Waals surface area contributed by atoms with Crippen LogP contribution in [0.2, 0.25) is 5.02 Å². The van der Waals surface area contributed by atoms with Crippen LogP contribution >= 0.6 is 11.6 Å². The van der Waals surface area contributed by atoms with Crippen molar-refractivity contribution in [3.8, 4) is 0 Å². The van der Waals surface area contributed by atoms with Gasteiger partial charge in [-0.2, -0.15) is 0 Å². The molecule has 5 nitrogen and oxygen atoms in total. The highest BCUT2D eigenvalue weighted by molar-refractivity contribution is 6.30. The molecular weight excluding hydrogens is 328 g/mol. The number of likely N-dealkylation sites (tertiary alicyclic amines) is 1. The Kier molecular flexibility index (Phi) is 5.19. The molecule has 0 aromatic heterocycles. The van der Waals surface area contributed by atoms with Crippen molar-refractivity contribution in [2.45, 2.75) is 32.1 Å².